The van der Waals surface area contributed by atoms with Crippen LogP contribution in [0, 0.1) is 0 Å². The first-order valence-corrected chi connectivity index (χ1v) is 12.1. The van der Waals surface area contributed by atoms with Crippen LogP contribution >= 0.6 is 35.0 Å². The molecule has 0 amide bonds. The van der Waals surface area contributed by atoms with Crippen LogP contribution in [-0.2, 0) is 5.75 Å². The van der Waals surface area contributed by atoms with Crippen molar-refractivity contribution in [3.63, 3.8) is 0 Å². The zero-order valence-electron chi connectivity index (χ0n) is 17.6. The molecule has 2 aromatic carbocycles. The Morgan fingerprint density at radius 1 is 0.968 bits per heavy atom. The lowest BCUT2D eigenvalue weighted by Crippen LogP contribution is -2.15. The zero-order valence-corrected chi connectivity index (χ0v) is 19.9. The van der Waals surface area contributed by atoms with Crippen LogP contribution in [0.1, 0.15) is 43.7 Å². The van der Waals surface area contributed by atoms with Crippen LogP contribution in [0.25, 0.3) is 11.4 Å². The third-order valence-electron chi connectivity index (χ3n) is 5.62. The fourth-order valence-electron chi connectivity index (χ4n) is 4.00. The van der Waals surface area contributed by atoms with Gasteiger partial charge in [0.2, 0.25) is 0 Å². The molecular weight excluding hydrogens is 453 g/mol. The molecule has 0 unspecified atom stereocenters. The number of ether oxygens (including phenoxy) is 2. The van der Waals surface area contributed by atoms with Crippen molar-refractivity contribution in [2.75, 3.05) is 14.2 Å². The van der Waals surface area contributed by atoms with Gasteiger partial charge < -0.3 is 9.47 Å². The highest BCUT2D eigenvalue weighted by Crippen LogP contribution is 2.39. The van der Waals surface area contributed by atoms with Crippen molar-refractivity contribution in [3.05, 3.63) is 52.0 Å². The molecule has 0 bridgehead atoms. The van der Waals surface area contributed by atoms with Gasteiger partial charge in [0.1, 0.15) is 0 Å². The summed E-state index contributed by atoms with van der Waals surface area (Å²) in [5.74, 6) is 2.94. The number of benzene rings is 2. The fraction of sp³-hybridized carbons (Fsp3) is 0.391. The molecule has 1 heterocycles. The topological polar surface area (TPSA) is 49.2 Å². The van der Waals surface area contributed by atoms with Gasteiger partial charge in [-0.05, 0) is 48.7 Å². The molecule has 0 N–H and O–H groups in total. The van der Waals surface area contributed by atoms with E-state index in [1.807, 2.05) is 30.3 Å². The molecule has 1 saturated carbocycles. The van der Waals surface area contributed by atoms with Crippen LogP contribution in [0.3, 0.4) is 0 Å². The Bertz CT molecular complexity index is 1050. The number of methoxy groups -OCH3 is 2. The molecule has 1 fully saturated rings. The minimum atomic E-state index is 0.384. The maximum atomic E-state index is 6.38. The highest BCUT2D eigenvalue weighted by molar-refractivity contribution is 7.98. The van der Waals surface area contributed by atoms with Crippen LogP contribution in [-0.4, -0.2) is 29.0 Å². The van der Waals surface area contributed by atoms with Crippen molar-refractivity contribution in [3.8, 4) is 22.9 Å². The summed E-state index contributed by atoms with van der Waals surface area (Å²) in [6, 6.07) is 11.9. The van der Waals surface area contributed by atoms with Gasteiger partial charge >= 0.3 is 0 Å². The average molecular weight is 478 g/mol. The molecule has 4 rings (SSSR count). The van der Waals surface area contributed by atoms with Gasteiger partial charge in [0.25, 0.3) is 0 Å². The van der Waals surface area contributed by atoms with Crippen molar-refractivity contribution in [1.29, 1.82) is 0 Å². The molecule has 31 heavy (non-hydrogen) atoms. The molecule has 0 saturated heterocycles. The third kappa shape index (κ3) is 4.97. The fourth-order valence-corrected chi connectivity index (χ4v) is 5.56. The van der Waals surface area contributed by atoms with E-state index in [1.165, 1.54) is 19.3 Å². The summed E-state index contributed by atoms with van der Waals surface area (Å²) in [6.45, 7) is 0. The lowest BCUT2D eigenvalue weighted by molar-refractivity contribution is 0.339. The maximum absolute atomic E-state index is 6.38. The standard InChI is InChI=1S/C23H25Cl2N3O2S/c1-29-20-11-9-15(12-21(20)30-2)22-26-27-23(28(22)18-6-4-3-5-7-18)31-14-16-8-10-17(24)13-19(16)25/h8-13,18H,3-7,14H2,1-2H3. The highest BCUT2D eigenvalue weighted by atomic mass is 35.5. The molecule has 164 valence electrons. The van der Waals surface area contributed by atoms with Gasteiger partial charge in [-0.2, -0.15) is 0 Å². The second kappa shape index (κ2) is 10.2. The van der Waals surface area contributed by atoms with E-state index in [4.69, 9.17) is 32.7 Å². The largest absolute Gasteiger partial charge is 0.493 e. The van der Waals surface area contributed by atoms with E-state index in [-0.39, 0.29) is 0 Å². The quantitative estimate of drug-likeness (QED) is 0.340. The lowest BCUT2D eigenvalue weighted by Gasteiger charge is -2.25. The van der Waals surface area contributed by atoms with Gasteiger partial charge in [0, 0.05) is 27.4 Å². The summed E-state index contributed by atoms with van der Waals surface area (Å²) >= 11 is 14.1. The predicted octanol–water partition coefficient (Wildman–Crippen LogP) is 7.07. The Morgan fingerprint density at radius 3 is 2.45 bits per heavy atom. The van der Waals surface area contributed by atoms with Crippen LogP contribution in [0.5, 0.6) is 11.5 Å². The van der Waals surface area contributed by atoms with E-state index in [1.54, 1.807) is 32.0 Å². The molecule has 1 aliphatic carbocycles. The molecule has 3 aromatic rings. The molecule has 0 aliphatic heterocycles. The first-order chi connectivity index (χ1) is 15.1. The Kier molecular flexibility index (Phi) is 7.31. The summed E-state index contributed by atoms with van der Waals surface area (Å²) in [5.41, 5.74) is 1.99. The third-order valence-corrected chi connectivity index (χ3v) is 7.20. The van der Waals surface area contributed by atoms with E-state index in [0.29, 0.717) is 33.3 Å². The van der Waals surface area contributed by atoms with E-state index in [9.17, 15) is 0 Å². The summed E-state index contributed by atoms with van der Waals surface area (Å²) in [7, 11) is 3.28. The van der Waals surface area contributed by atoms with E-state index < -0.39 is 0 Å². The Morgan fingerprint density at radius 2 is 1.74 bits per heavy atom. The van der Waals surface area contributed by atoms with E-state index in [0.717, 1.165) is 34.9 Å². The number of hydrogen-bond donors (Lipinski definition) is 0. The smallest absolute Gasteiger partial charge is 0.192 e. The second-order valence-electron chi connectivity index (χ2n) is 7.56. The molecule has 1 aromatic heterocycles. The summed E-state index contributed by atoms with van der Waals surface area (Å²) in [4.78, 5) is 0. The number of hydrogen-bond acceptors (Lipinski definition) is 5. The molecular formula is C23H25Cl2N3O2S. The van der Waals surface area contributed by atoms with Crippen LogP contribution in [0.2, 0.25) is 10.0 Å². The zero-order chi connectivity index (χ0) is 21.8. The van der Waals surface area contributed by atoms with Gasteiger partial charge in [0.15, 0.2) is 22.5 Å². The molecule has 5 nitrogen and oxygen atoms in total. The van der Waals surface area contributed by atoms with Crippen LogP contribution < -0.4 is 9.47 Å². The normalized spacial score (nSPS) is 14.6. The summed E-state index contributed by atoms with van der Waals surface area (Å²) in [5, 5.41) is 11.4. The molecule has 0 spiro atoms. The van der Waals surface area contributed by atoms with Crippen molar-refractivity contribution >= 4 is 35.0 Å². The first kappa shape index (κ1) is 22.3. The molecule has 1 aliphatic rings. The number of aromatic nitrogens is 3. The van der Waals surface area contributed by atoms with Crippen LogP contribution in [0.4, 0.5) is 0 Å². The number of halogens is 2. The van der Waals surface area contributed by atoms with E-state index in [2.05, 4.69) is 14.8 Å². The predicted molar refractivity (Wildman–Crippen MR) is 127 cm³/mol. The molecule has 8 heteroatoms. The number of nitrogens with zero attached hydrogens (tertiary/aromatic N) is 3. The number of rotatable bonds is 7. The second-order valence-corrected chi connectivity index (χ2v) is 9.35. The summed E-state index contributed by atoms with van der Waals surface area (Å²) in [6.07, 6.45) is 6.00. The van der Waals surface area contributed by atoms with Crippen molar-refractivity contribution in [2.45, 2.75) is 49.1 Å². The Labute approximate surface area is 197 Å². The monoisotopic (exact) mass is 477 g/mol. The maximum Gasteiger partial charge on any atom is 0.192 e. The van der Waals surface area contributed by atoms with Crippen molar-refractivity contribution in [1.82, 2.24) is 14.8 Å². The average Bonchev–Trinajstić information content (AvgIpc) is 3.22. The highest BCUT2D eigenvalue weighted by Gasteiger charge is 2.24. The molecule has 0 radical (unpaired) electrons. The number of thioether (sulfide) groups is 1. The first-order valence-electron chi connectivity index (χ1n) is 10.3. The minimum absolute atomic E-state index is 0.384. The SMILES string of the molecule is COc1ccc(-c2nnc(SCc3ccc(Cl)cc3Cl)n2C2CCCCC2)cc1OC. The van der Waals surface area contributed by atoms with Gasteiger partial charge in [0.05, 0.1) is 14.2 Å². The van der Waals surface area contributed by atoms with E-state index >= 15 is 0 Å². The van der Waals surface area contributed by atoms with Gasteiger partial charge in [-0.25, -0.2) is 0 Å². The van der Waals surface area contributed by atoms with Crippen molar-refractivity contribution in [2.24, 2.45) is 0 Å². The lowest BCUT2D eigenvalue weighted by atomic mass is 9.95. The van der Waals surface area contributed by atoms with Gasteiger partial charge in [-0.1, -0.05) is 60.3 Å². The summed E-state index contributed by atoms with van der Waals surface area (Å²) < 4.78 is 13.2. The molecule has 0 atom stereocenters. The van der Waals surface area contributed by atoms with Crippen molar-refractivity contribution < 1.29 is 9.47 Å². The Hall–Kier alpha value is -1.89. The Balaban J connectivity index is 1.68. The minimum Gasteiger partial charge on any atom is -0.493 e. The van der Waals surface area contributed by atoms with Gasteiger partial charge in [-0.15, -0.1) is 10.2 Å². The van der Waals surface area contributed by atoms with Crippen LogP contribution in [0.15, 0.2) is 41.6 Å². The van der Waals surface area contributed by atoms with Gasteiger partial charge in [-0.3, -0.25) is 4.57 Å².